The summed E-state index contributed by atoms with van der Waals surface area (Å²) in [5.74, 6) is -0.507. The van der Waals surface area contributed by atoms with E-state index in [0.29, 0.717) is 20.4 Å². The minimum absolute atomic E-state index is 0.00595. The van der Waals surface area contributed by atoms with E-state index >= 15 is 0 Å². The van der Waals surface area contributed by atoms with Crippen LogP contribution in [0.1, 0.15) is 28.4 Å². The minimum atomic E-state index is -3.23. The van der Waals surface area contributed by atoms with Crippen LogP contribution in [0.5, 0.6) is 0 Å². The Morgan fingerprint density at radius 1 is 1.33 bits per heavy atom. The van der Waals surface area contributed by atoms with Crippen LogP contribution in [0.4, 0.5) is 0 Å². The van der Waals surface area contributed by atoms with E-state index in [1.165, 1.54) is 6.07 Å². The van der Waals surface area contributed by atoms with Crippen LogP contribution in [-0.2, 0) is 14.6 Å². The Labute approximate surface area is 131 Å². The van der Waals surface area contributed by atoms with Crippen LogP contribution in [0.2, 0.25) is 5.02 Å². The van der Waals surface area contributed by atoms with Crippen molar-refractivity contribution in [3.8, 4) is 0 Å². The number of carbonyl (C=O) groups is 1. The van der Waals surface area contributed by atoms with Gasteiger partial charge in [-0.2, -0.15) is 0 Å². The zero-order valence-electron chi connectivity index (χ0n) is 10.8. The molecule has 7 heteroatoms. The van der Waals surface area contributed by atoms with Gasteiger partial charge in [0.15, 0.2) is 9.84 Å². The monoisotopic (exact) mass is 342 g/mol. The lowest BCUT2D eigenvalue weighted by Gasteiger charge is -2.22. The summed E-state index contributed by atoms with van der Waals surface area (Å²) in [5, 5.41) is 2.15. The SMILES string of the molecule is O=C(O[C@H]1CCS(=O)(=O)c2sccc21)c1cccc(Cl)c1. The first kappa shape index (κ1) is 14.6. The predicted octanol–water partition coefficient (Wildman–Crippen LogP) is 3.48. The Morgan fingerprint density at radius 2 is 2.14 bits per heavy atom. The number of esters is 1. The van der Waals surface area contributed by atoms with Gasteiger partial charge in [-0.3, -0.25) is 0 Å². The first-order valence-corrected chi connectivity index (χ1v) is 9.15. The van der Waals surface area contributed by atoms with E-state index in [1.807, 2.05) is 0 Å². The van der Waals surface area contributed by atoms with E-state index in [0.717, 1.165) is 11.3 Å². The number of thiophene rings is 1. The molecule has 4 nitrogen and oxygen atoms in total. The molecular weight excluding hydrogens is 332 g/mol. The quantitative estimate of drug-likeness (QED) is 0.784. The average Bonchev–Trinajstić information content (AvgIpc) is 2.93. The van der Waals surface area contributed by atoms with Crippen molar-refractivity contribution in [2.75, 3.05) is 5.75 Å². The van der Waals surface area contributed by atoms with E-state index in [2.05, 4.69) is 0 Å². The zero-order chi connectivity index (χ0) is 15.0. The number of benzene rings is 1. The van der Waals surface area contributed by atoms with Gasteiger partial charge in [-0.15, -0.1) is 11.3 Å². The van der Waals surface area contributed by atoms with Crippen LogP contribution in [0.25, 0.3) is 0 Å². The van der Waals surface area contributed by atoms with Crippen LogP contribution >= 0.6 is 22.9 Å². The molecule has 2 heterocycles. The normalized spacial score (nSPS) is 19.8. The number of halogens is 1. The summed E-state index contributed by atoms with van der Waals surface area (Å²) in [6.45, 7) is 0. The zero-order valence-corrected chi connectivity index (χ0v) is 13.2. The molecule has 2 aromatic rings. The van der Waals surface area contributed by atoms with Crippen molar-refractivity contribution in [2.45, 2.75) is 16.7 Å². The lowest BCUT2D eigenvalue weighted by Crippen LogP contribution is -2.22. The number of ether oxygens (including phenoxy) is 1. The van der Waals surface area contributed by atoms with Gasteiger partial charge in [0.25, 0.3) is 0 Å². The fourth-order valence-corrected chi connectivity index (χ4v) is 5.38. The summed E-state index contributed by atoms with van der Waals surface area (Å²) in [5.41, 5.74) is 0.925. The number of hydrogen-bond donors (Lipinski definition) is 0. The van der Waals surface area contributed by atoms with Crippen LogP contribution in [0.15, 0.2) is 39.9 Å². The Kier molecular flexibility index (Phi) is 3.77. The third-order valence-electron chi connectivity index (χ3n) is 3.25. The highest BCUT2D eigenvalue weighted by molar-refractivity contribution is 7.93. The minimum Gasteiger partial charge on any atom is -0.454 e. The van der Waals surface area contributed by atoms with Gasteiger partial charge in [0.2, 0.25) is 0 Å². The van der Waals surface area contributed by atoms with Crippen LogP contribution in [-0.4, -0.2) is 20.1 Å². The summed E-state index contributed by atoms with van der Waals surface area (Å²) in [4.78, 5) is 12.1. The smallest absolute Gasteiger partial charge is 0.338 e. The van der Waals surface area contributed by atoms with Crippen molar-refractivity contribution in [3.63, 3.8) is 0 Å². The molecule has 0 fully saturated rings. The molecule has 3 rings (SSSR count). The summed E-state index contributed by atoms with van der Waals surface area (Å²) in [6, 6.07) is 8.18. The van der Waals surface area contributed by atoms with Crippen LogP contribution in [0, 0.1) is 0 Å². The van der Waals surface area contributed by atoms with Crippen LogP contribution in [0.3, 0.4) is 0 Å². The van der Waals surface area contributed by atoms with Gasteiger partial charge in [0, 0.05) is 17.0 Å². The van der Waals surface area contributed by atoms with E-state index in [4.69, 9.17) is 16.3 Å². The predicted molar refractivity (Wildman–Crippen MR) is 80.6 cm³/mol. The van der Waals surface area contributed by atoms with Gasteiger partial charge in [0.1, 0.15) is 10.3 Å². The van der Waals surface area contributed by atoms with Crippen molar-refractivity contribution in [2.24, 2.45) is 0 Å². The molecule has 21 heavy (non-hydrogen) atoms. The lowest BCUT2D eigenvalue weighted by molar-refractivity contribution is 0.0280. The maximum atomic E-state index is 12.1. The van der Waals surface area contributed by atoms with Gasteiger partial charge in [0.05, 0.1) is 11.3 Å². The number of fused-ring (bicyclic) bond motifs is 1. The molecule has 1 aliphatic rings. The van der Waals surface area contributed by atoms with Crippen molar-refractivity contribution in [1.29, 1.82) is 0 Å². The Morgan fingerprint density at radius 3 is 2.90 bits per heavy atom. The van der Waals surface area contributed by atoms with Gasteiger partial charge >= 0.3 is 5.97 Å². The van der Waals surface area contributed by atoms with Gasteiger partial charge in [-0.05, 0) is 29.6 Å². The fraction of sp³-hybridized carbons (Fsp3) is 0.214. The van der Waals surface area contributed by atoms with Crippen molar-refractivity contribution < 1.29 is 17.9 Å². The molecular formula is C14H11ClO4S2. The van der Waals surface area contributed by atoms with E-state index in [-0.39, 0.29) is 12.2 Å². The second-order valence-electron chi connectivity index (χ2n) is 4.68. The molecule has 0 unspecified atom stereocenters. The third-order valence-corrected chi connectivity index (χ3v) is 6.83. The molecule has 0 N–H and O–H groups in total. The number of hydrogen-bond acceptors (Lipinski definition) is 5. The second kappa shape index (κ2) is 5.44. The molecule has 0 amide bonds. The van der Waals surface area contributed by atoms with E-state index in [1.54, 1.807) is 29.6 Å². The highest BCUT2D eigenvalue weighted by Crippen LogP contribution is 2.38. The van der Waals surface area contributed by atoms with Gasteiger partial charge in [-0.25, -0.2) is 13.2 Å². The Bertz CT molecular complexity index is 795. The molecule has 110 valence electrons. The molecule has 1 aromatic heterocycles. The summed E-state index contributed by atoms with van der Waals surface area (Å²) < 4.78 is 29.6. The molecule has 0 saturated carbocycles. The summed E-state index contributed by atoms with van der Waals surface area (Å²) in [6.07, 6.45) is -0.250. The molecule has 1 aromatic carbocycles. The molecule has 1 aliphatic heterocycles. The Hall–Kier alpha value is -1.37. The van der Waals surface area contributed by atoms with Crippen molar-refractivity contribution in [3.05, 3.63) is 51.9 Å². The van der Waals surface area contributed by atoms with E-state index < -0.39 is 21.9 Å². The molecule has 0 radical (unpaired) electrons. The third kappa shape index (κ3) is 2.84. The first-order valence-electron chi connectivity index (χ1n) is 6.24. The molecule has 0 aliphatic carbocycles. The maximum absolute atomic E-state index is 12.1. The van der Waals surface area contributed by atoms with Crippen molar-refractivity contribution >= 4 is 38.7 Å². The molecule has 0 saturated heterocycles. The number of carbonyl (C=O) groups excluding carboxylic acids is 1. The molecule has 0 bridgehead atoms. The van der Waals surface area contributed by atoms with Crippen LogP contribution < -0.4 is 0 Å². The molecule has 0 spiro atoms. The standard InChI is InChI=1S/C14H11ClO4S2/c15-10-3-1-2-9(8-10)13(16)19-12-5-7-21(17,18)14-11(12)4-6-20-14/h1-4,6,8,12H,5,7H2/t12-/m0/s1. The average molecular weight is 343 g/mol. The summed E-state index contributed by atoms with van der Waals surface area (Å²) >= 11 is 7.01. The number of sulfone groups is 1. The molecule has 1 atom stereocenters. The summed E-state index contributed by atoms with van der Waals surface area (Å²) in [7, 11) is -3.23. The second-order valence-corrected chi connectivity index (χ2v) is 8.33. The number of rotatable bonds is 2. The fourth-order valence-electron chi connectivity index (χ4n) is 2.24. The first-order chi connectivity index (χ1) is 9.97. The maximum Gasteiger partial charge on any atom is 0.338 e. The lowest BCUT2D eigenvalue weighted by atomic mass is 10.1. The highest BCUT2D eigenvalue weighted by Gasteiger charge is 2.33. The van der Waals surface area contributed by atoms with Gasteiger partial charge in [-0.1, -0.05) is 17.7 Å². The van der Waals surface area contributed by atoms with Crippen molar-refractivity contribution in [1.82, 2.24) is 0 Å². The van der Waals surface area contributed by atoms with Gasteiger partial charge < -0.3 is 4.74 Å². The topological polar surface area (TPSA) is 60.4 Å². The van der Waals surface area contributed by atoms with E-state index in [9.17, 15) is 13.2 Å². The Balaban J connectivity index is 1.85. The largest absolute Gasteiger partial charge is 0.454 e. The highest BCUT2D eigenvalue weighted by atomic mass is 35.5.